The van der Waals surface area contributed by atoms with Gasteiger partial charge in [-0.2, -0.15) is 0 Å². The molecule has 47 valence electrons. The molecule has 1 rings (SSSR count). The molecule has 1 radical (unpaired) electrons. The number of hydrogen-bond acceptors (Lipinski definition) is 1. The van der Waals surface area contributed by atoms with Gasteiger partial charge in [-0.05, 0) is 6.07 Å². The molecule has 9 heavy (non-hydrogen) atoms. The number of nitrogens with zero attached hydrogens (tertiary/aromatic N) is 1. The van der Waals surface area contributed by atoms with Crippen LogP contribution >= 0.6 is 23.2 Å². The molecular formula is C6H4Cl2N. The predicted octanol–water partition coefficient (Wildman–Crippen LogP) is 2.36. The van der Waals surface area contributed by atoms with E-state index in [2.05, 4.69) is 11.1 Å². The number of hydrogen-bond donors (Lipinski definition) is 0. The summed E-state index contributed by atoms with van der Waals surface area (Å²) in [7, 11) is 0. The molecule has 1 aromatic heterocycles. The Hall–Kier alpha value is -0.270. The minimum atomic E-state index is -0.528. The lowest BCUT2D eigenvalue weighted by molar-refractivity contribution is 1.14. The third kappa shape index (κ3) is 1.84. The molecule has 0 aliphatic heterocycles. The van der Waals surface area contributed by atoms with E-state index in [1.807, 2.05) is 0 Å². The van der Waals surface area contributed by atoms with Crippen LogP contribution in [0.2, 0.25) is 0 Å². The highest BCUT2D eigenvalue weighted by Gasteiger charge is 2.00. The second kappa shape index (κ2) is 3.04. The Balaban J connectivity index is 2.85. The molecule has 0 saturated carbocycles. The third-order valence-corrected chi connectivity index (χ3v) is 1.31. The van der Waals surface area contributed by atoms with E-state index in [0.717, 1.165) is 0 Å². The average Bonchev–Trinajstić information content (AvgIpc) is 1.90. The van der Waals surface area contributed by atoms with Gasteiger partial charge in [0.15, 0.2) is 0 Å². The van der Waals surface area contributed by atoms with Gasteiger partial charge in [-0.3, -0.25) is 4.98 Å². The van der Waals surface area contributed by atoms with Gasteiger partial charge in [0.25, 0.3) is 0 Å². The molecule has 0 aliphatic rings. The second-order valence-corrected chi connectivity index (χ2v) is 2.58. The molecule has 0 atom stereocenters. The van der Waals surface area contributed by atoms with E-state index in [9.17, 15) is 0 Å². The van der Waals surface area contributed by atoms with Crippen molar-refractivity contribution in [1.82, 2.24) is 4.98 Å². The monoisotopic (exact) mass is 160 g/mol. The van der Waals surface area contributed by atoms with Crippen molar-refractivity contribution in [2.24, 2.45) is 0 Å². The first-order valence-corrected chi connectivity index (χ1v) is 3.28. The van der Waals surface area contributed by atoms with Gasteiger partial charge in [-0.25, -0.2) is 0 Å². The van der Waals surface area contributed by atoms with Gasteiger partial charge in [-0.15, -0.1) is 0 Å². The molecule has 1 heterocycles. The topological polar surface area (TPSA) is 12.9 Å². The van der Waals surface area contributed by atoms with E-state index < -0.39 is 4.84 Å². The standard InChI is InChI=1S/C6H4Cl2N/c7-6(8)5-3-1-2-4-9-5/h1,3-4,6H. The summed E-state index contributed by atoms with van der Waals surface area (Å²) >= 11 is 11.0. The molecule has 0 saturated heterocycles. The van der Waals surface area contributed by atoms with Gasteiger partial charge in [0.2, 0.25) is 0 Å². The highest BCUT2D eigenvalue weighted by atomic mass is 35.5. The maximum atomic E-state index is 5.49. The summed E-state index contributed by atoms with van der Waals surface area (Å²) in [6.07, 6.45) is 1.53. The third-order valence-electron chi connectivity index (χ3n) is 0.862. The van der Waals surface area contributed by atoms with Crippen LogP contribution in [0.3, 0.4) is 0 Å². The van der Waals surface area contributed by atoms with E-state index in [1.165, 1.54) is 6.20 Å². The first-order valence-electron chi connectivity index (χ1n) is 2.41. The molecule has 0 unspecified atom stereocenters. The molecule has 0 aromatic carbocycles. The second-order valence-electron chi connectivity index (χ2n) is 1.48. The first kappa shape index (κ1) is 6.84. The number of aromatic nitrogens is 1. The summed E-state index contributed by atoms with van der Waals surface area (Å²) in [6, 6.07) is 6.21. The Kier molecular flexibility index (Phi) is 2.31. The van der Waals surface area contributed by atoms with Crippen molar-refractivity contribution < 1.29 is 0 Å². The number of rotatable bonds is 1. The van der Waals surface area contributed by atoms with Crippen molar-refractivity contribution in [3.05, 3.63) is 30.1 Å². The molecule has 0 amide bonds. The fourth-order valence-corrected chi connectivity index (χ4v) is 0.719. The predicted molar refractivity (Wildman–Crippen MR) is 37.5 cm³/mol. The zero-order valence-electron chi connectivity index (χ0n) is 4.51. The fraction of sp³-hybridized carbons (Fsp3) is 0.167. The van der Waals surface area contributed by atoms with Crippen LogP contribution in [-0.4, -0.2) is 4.98 Å². The summed E-state index contributed by atoms with van der Waals surface area (Å²) in [4.78, 5) is 3.33. The zero-order valence-corrected chi connectivity index (χ0v) is 6.02. The smallest absolute Gasteiger partial charge is 0.149 e. The maximum Gasteiger partial charge on any atom is 0.149 e. The summed E-state index contributed by atoms with van der Waals surface area (Å²) < 4.78 is 0. The van der Waals surface area contributed by atoms with Crippen molar-refractivity contribution in [2.75, 3.05) is 0 Å². The minimum Gasteiger partial charge on any atom is -0.258 e. The average molecular weight is 161 g/mol. The largest absolute Gasteiger partial charge is 0.258 e. The van der Waals surface area contributed by atoms with E-state index in [4.69, 9.17) is 23.2 Å². The maximum absolute atomic E-state index is 5.49. The Morgan fingerprint density at radius 3 is 2.67 bits per heavy atom. The molecule has 1 aromatic rings. The number of halogens is 2. The molecule has 0 aliphatic carbocycles. The van der Waals surface area contributed by atoms with Gasteiger partial charge >= 0.3 is 0 Å². The van der Waals surface area contributed by atoms with Gasteiger partial charge in [0, 0.05) is 12.3 Å². The van der Waals surface area contributed by atoms with Crippen LogP contribution in [0.5, 0.6) is 0 Å². The lowest BCUT2D eigenvalue weighted by Gasteiger charge is -1.95. The normalized spacial score (nSPS) is 10.1. The van der Waals surface area contributed by atoms with Crippen molar-refractivity contribution in [2.45, 2.75) is 4.84 Å². The lowest BCUT2D eigenvalue weighted by atomic mass is 10.4. The van der Waals surface area contributed by atoms with Crippen molar-refractivity contribution in [3.8, 4) is 0 Å². The van der Waals surface area contributed by atoms with Crippen LogP contribution in [0.15, 0.2) is 18.3 Å². The Labute approximate surface area is 63.6 Å². The van der Waals surface area contributed by atoms with Crippen molar-refractivity contribution >= 4 is 23.2 Å². The fourth-order valence-electron chi connectivity index (χ4n) is 0.460. The first-order chi connectivity index (χ1) is 4.30. The van der Waals surface area contributed by atoms with Crippen molar-refractivity contribution in [1.29, 1.82) is 0 Å². The molecular weight excluding hydrogens is 157 g/mol. The molecule has 3 heteroatoms. The summed E-state index contributed by atoms with van der Waals surface area (Å²) in [6.45, 7) is 0. The van der Waals surface area contributed by atoms with Crippen LogP contribution in [0, 0.1) is 6.07 Å². The van der Waals surface area contributed by atoms with Gasteiger partial charge in [-0.1, -0.05) is 29.3 Å². The molecule has 0 fully saturated rings. The Bertz CT molecular complexity index is 174. The molecule has 0 spiro atoms. The zero-order chi connectivity index (χ0) is 6.69. The SMILES string of the molecule is ClC(Cl)c1cc[c]cn1. The van der Waals surface area contributed by atoms with Crippen LogP contribution in [0.4, 0.5) is 0 Å². The van der Waals surface area contributed by atoms with Crippen LogP contribution in [0.25, 0.3) is 0 Å². The van der Waals surface area contributed by atoms with E-state index in [0.29, 0.717) is 5.69 Å². The van der Waals surface area contributed by atoms with Crippen molar-refractivity contribution in [3.63, 3.8) is 0 Å². The summed E-state index contributed by atoms with van der Waals surface area (Å²) in [5, 5.41) is 0. The number of alkyl halides is 2. The molecule has 0 bridgehead atoms. The van der Waals surface area contributed by atoms with Gasteiger partial charge < -0.3 is 0 Å². The molecule has 1 nitrogen and oxygen atoms in total. The summed E-state index contributed by atoms with van der Waals surface area (Å²) in [5.74, 6) is 0. The lowest BCUT2D eigenvalue weighted by Crippen LogP contribution is -1.83. The van der Waals surface area contributed by atoms with Crippen LogP contribution < -0.4 is 0 Å². The summed E-state index contributed by atoms with van der Waals surface area (Å²) in [5.41, 5.74) is 0.664. The minimum absolute atomic E-state index is 0.528. The number of pyridine rings is 1. The van der Waals surface area contributed by atoms with E-state index in [1.54, 1.807) is 12.1 Å². The van der Waals surface area contributed by atoms with Crippen LogP contribution in [-0.2, 0) is 0 Å². The van der Waals surface area contributed by atoms with Gasteiger partial charge in [0.1, 0.15) is 4.84 Å². The van der Waals surface area contributed by atoms with E-state index in [-0.39, 0.29) is 0 Å². The quantitative estimate of drug-likeness (QED) is 0.576. The Morgan fingerprint density at radius 1 is 1.56 bits per heavy atom. The van der Waals surface area contributed by atoms with Crippen LogP contribution in [0.1, 0.15) is 10.5 Å². The highest BCUT2D eigenvalue weighted by molar-refractivity contribution is 6.43. The van der Waals surface area contributed by atoms with Gasteiger partial charge in [0.05, 0.1) is 5.69 Å². The highest BCUT2D eigenvalue weighted by Crippen LogP contribution is 2.20. The molecule has 0 N–H and O–H groups in total. The van der Waals surface area contributed by atoms with E-state index >= 15 is 0 Å². The Morgan fingerprint density at radius 2 is 2.33 bits per heavy atom.